The first-order valence-electron chi connectivity index (χ1n) is 4.76. The van der Waals surface area contributed by atoms with E-state index < -0.39 is 0 Å². The Morgan fingerprint density at radius 2 is 2.33 bits per heavy atom. The molecular weight excluding hydrogens is 280 g/mol. The maximum atomic E-state index is 11.3. The second kappa shape index (κ2) is 4.89. The lowest BCUT2D eigenvalue weighted by Crippen LogP contribution is -2.27. The summed E-state index contributed by atoms with van der Waals surface area (Å²) in [7, 11) is 0. The number of carbonyl (C=O) groups is 1. The quantitative estimate of drug-likeness (QED) is 0.860. The van der Waals surface area contributed by atoms with Gasteiger partial charge in [-0.25, -0.2) is 0 Å². The van der Waals surface area contributed by atoms with Crippen LogP contribution in [0.3, 0.4) is 0 Å². The van der Waals surface area contributed by atoms with E-state index in [-0.39, 0.29) is 5.91 Å². The zero-order valence-corrected chi connectivity index (χ0v) is 10.4. The fourth-order valence-electron chi connectivity index (χ4n) is 1.09. The predicted molar refractivity (Wildman–Crippen MR) is 61.9 cm³/mol. The van der Waals surface area contributed by atoms with Crippen molar-refractivity contribution in [1.29, 1.82) is 0 Å². The van der Waals surface area contributed by atoms with Gasteiger partial charge in [-0.3, -0.25) is 4.79 Å². The number of hydrogen-bond acceptors (Lipinski definition) is 5. The lowest BCUT2D eigenvalue weighted by atomic mass is 10.4. The fourth-order valence-corrected chi connectivity index (χ4v) is 2.12. The van der Waals surface area contributed by atoms with Crippen LogP contribution in [0.15, 0.2) is 3.92 Å². The van der Waals surface area contributed by atoms with Gasteiger partial charge < -0.3 is 10.6 Å². The minimum absolute atomic E-state index is 0.105. The van der Waals surface area contributed by atoms with Crippen molar-refractivity contribution in [2.45, 2.75) is 25.3 Å². The molecule has 1 aliphatic carbocycles. The summed E-state index contributed by atoms with van der Waals surface area (Å²) in [4.78, 5) is 11.3. The molecule has 1 aromatic rings. The zero-order valence-electron chi connectivity index (χ0n) is 7.99. The first-order valence-corrected chi connectivity index (χ1v) is 6.37. The minimum Gasteiger partial charge on any atom is -0.360 e. The Bertz CT molecular complexity index is 352. The highest BCUT2D eigenvalue weighted by molar-refractivity contribution is 9.11. The van der Waals surface area contributed by atoms with E-state index >= 15 is 0 Å². The highest BCUT2D eigenvalue weighted by atomic mass is 79.9. The maximum absolute atomic E-state index is 11.3. The van der Waals surface area contributed by atoms with Gasteiger partial charge in [0, 0.05) is 19.0 Å². The van der Waals surface area contributed by atoms with Crippen LogP contribution in [0.1, 0.15) is 19.3 Å². The highest BCUT2D eigenvalue weighted by Crippen LogP contribution is 2.20. The molecular formula is C8H11BrN4OS. The van der Waals surface area contributed by atoms with Crippen LogP contribution >= 0.6 is 27.3 Å². The van der Waals surface area contributed by atoms with E-state index in [4.69, 9.17) is 0 Å². The molecule has 1 heterocycles. The molecule has 7 heteroatoms. The molecule has 0 aromatic carbocycles. The summed E-state index contributed by atoms with van der Waals surface area (Å²) in [5.74, 6) is 0.105. The zero-order chi connectivity index (χ0) is 10.7. The van der Waals surface area contributed by atoms with E-state index in [9.17, 15) is 4.79 Å². The Hall–Kier alpha value is -0.690. The molecule has 0 spiro atoms. The third-order valence-electron chi connectivity index (χ3n) is 1.97. The molecule has 0 saturated heterocycles. The summed E-state index contributed by atoms with van der Waals surface area (Å²) in [5, 5.41) is 14.4. The van der Waals surface area contributed by atoms with Crippen molar-refractivity contribution in [3.8, 4) is 0 Å². The number of anilines is 1. The topological polar surface area (TPSA) is 66.9 Å². The number of amides is 1. The summed E-state index contributed by atoms with van der Waals surface area (Å²) in [6.07, 6.45) is 2.73. The molecule has 0 bridgehead atoms. The van der Waals surface area contributed by atoms with Crippen LogP contribution in [-0.4, -0.2) is 28.7 Å². The largest absolute Gasteiger partial charge is 0.360 e. The average molecular weight is 291 g/mol. The summed E-state index contributed by atoms with van der Waals surface area (Å²) < 4.78 is 0.743. The van der Waals surface area contributed by atoms with E-state index in [2.05, 4.69) is 36.8 Å². The number of hydrogen-bond donors (Lipinski definition) is 2. The van der Waals surface area contributed by atoms with Crippen molar-refractivity contribution in [3.63, 3.8) is 0 Å². The normalized spacial score (nSPS) is 15.0. The second-order valence-corrected chi connectivity index (χ2v) is 5.63. The summed E-state index contributed by atoms with van der Waals surface area (Å²) in [5.41, 5.74) is 0. The van der Waals surface area contributed by atoms with Gasteiger partial charge in [0.05, 0.1) is 0 Å². The molecule has 0 atom stereocenters. The smallest absolute Gasteiger partial charge is 0.221 e. The van der Waals surface area contributed by atoms with Crippen molar-refractivity contribution in [2.75, 3.05) is 11.9 Å². The van der Waals surface area contributed by atoms with Gasteiger partial charge in [0.2, 0.25) is 11.0 Å². The first-order chi connectivity index (χ1) is 7.24. The molecule has 1 amide bonds. The monoisotopic (exact) mass is 290 g/mol. The third kappa shape index (κ3) is 3.75. The number of nitrogens with zero attached hydrogens (tertiary/aromatic N) is 2. The van der Waals surface area contributed by atoms with Crippen LogP contribution in [-0.2, 0) is 4.79 Å². The van der Waals surface area contributed by atoms with Crippen LogP contribution in [0.2, 0.25) is 0 Å². The van der Waals surface area contributed by atoms with Crippen molar-refractivity contribution in [3.05, 3.63) is 3.92 Å². The molecule has 15 heavy (non-hydrogen) atoms. The van der Waals surface area contributed by atoms with Crippen molar-refractivity contribution < 1.29 is 4.79 Å². The predicted octanol–water partition coefficient (Wildman–Crippen LogP) is 1.38. The molecule has 1 aliphatic rings. The summed E-state index contributed by atoms with van der Waals surface area (Å²) >= 11 is 4.64. The molecule has 1 fully saturated rings. The number of carbonyl (C=O) groups excluding carboxylic acids is 1. The Labute approximate surface area is 99.8 Å². The van der Waals surface area contributed by atoms with Gasteiger partial charge in [0.1, 0.15) is 0 Å². The summed E-state index contributed by atoms with van der Waals surface area (Å²) in [6.45, 7) is 0.597. The molecule has 0 aliphatic heterocycles. The molecule has 5 nitrogen and oxygen atoms in total. The van der Waals surface area contributed by atoms with Gasteiger partial charge in [0.25, 0.3) is 0 Å². The molecule has 0 unspecified atom stereocenters. The molecule has 1 aromatic heterocycles. The minimum atomic E-state index is 0.105. The van der Waals surface area contributed by atoms with Gasteiger partial charge in [-0.15, -0.1) is 10.2 Å². The second-order valence-electron chi connectivity index (χ2n) is 3.38. The number of rotatable bonds is 5. The average Bonchev–Trinajstić information content (AvgIpc) is 2.89. The Morgan fingerprint density at radius 3 is 2.93 bits per heavy atom. The first kappa shape index (κ1) is 10.8. The molecule has 2 rings (SSSR count). The van der Waals surface area contributed by atoms with E-state index in [0.29, 0.717) is 19.0 Å². The van der Waals surface area contributed by atoms with Crippen LogP contribution in [0.25, 0.3) is 0 Å². The maximum Gasteiger partial charge on any atom is 0.221 e. The van der Waals surface area contributed by atoms with E-state index in [1.54, 1.807) is 0 Å². The molecule has 82 valence electrons. The van der Waals surface area contributed by atoms with Crippen molar-refractivity contribution in [2.24, 2.45) is 0 Å². The lowest BCUT2D eigenvalue weighted by Gasteiger charge is -2.03. The Morgan fingerprint density at radius 1 is 1.53 bits per heavy atom. The number of halogens is 1. The Kier molecular flexibility index (Phi) is 3.53. The number of nitrogens with one attached hydrogen (secondary N) is 2. The van der Waals surface area contributed by atoms with Gasteiger partial charge in [0.15, 0.2) is 3.92 Å². The fraction of sp³-hybridized carbons (Fsp3) is 0.625. The van der Waals surface area contributed by atoms with Crippen LogP contribution in [0.5, 0.6) is 0 Å². The Balaban J connectivity index is 1.63. The molecule has 1 saturated carbocycles. The van der Waals surface area contributed by atoms with Crippen molar-refractivity contribution in [1.82, 2.24) is 15.5 Å². The van der Waals surface area contributed by atoms with E-state index in [1.807, 2.05) is 0 Å². The van der Waals surface area contributed by atoms with E-state index in [1.165, 1.54) is 11.3 Å². The van der Waals surface area contributed by atoms with E-state index in [0.717, 1.165) is 21.9 Å². The van der Waals surface area contributed by atoms with Crippen LogP contribution < -0.4 is 10.6 Å². The van der Waals surface area contributed by atoms with Crippen LogP contribution in [0, 0.1) is 0 Å². The van der Waals surface area contributed by atoms with Gasteiger partial charge in [-0.1, -0.05) is 11.3 Å². The molecule has 0 radical (unpaired) electrons. The highest BCUT2D eigenvalue weighted by Gasteiger charge is 2.22. The molecule has 2 N–H and O–H groups in total. The van der Waals surface area contributed by atoms with Gasteiger partial charge in [-0.05, 0) is 28.8 Å². The van der Waals surface area contributed by atoms with Gasteiger partial charge in [-0.2, -0.15) is 0 Å². The summed E-state index contributed by atoms with van der Waals surface area (Å²) in [6, 6.07) is 0.438. The SMILES string of the molecule is O=C(CCNc1nnc(Br)s1)NC1CC1. The lowest BCUT2D eigenvalue weighted by molar-refractivity contribution is -0.120. The van der Waals surface area contributed by atoms with Gasteiger partial charge >= 0.3 is 0 Å². The standard InChI is InChI=1S/C8H11BrN4OS/c9-7-12-13-8(15-7)10-4-3-6(14)11-5-1-2-5/h5H,1-4H2,(H,10,13)(H,11,14). The number of aromatic nitrogens is 2. The van der Waals surface area contributed by atoms with Crippen molar-refractivity contribution >= 4 is 38.3 Å². The van der Waals surface area contributed by atoms with Crippen LogP contribution in [0.4, 0.5) is 5.13 Å². The third-order valence-corrected chi connectivity index (χ3v) is 3.28.